The molecule has 138 valence electrons. The molecule has 1 aromatic carbocycles. The quantitative estimate of drug-likeness (QED) is 0.376. The zero-order valence-corrected chi connectivity index (χ0v) is 15.1. The summed E-state index contributed by atoms with van der Waals surface area (Å²) in [7, 11) is 0. The molecule has 3 unspecified atom stereocenters. The first kappa shape index (κ1) is 20.8. The van der Waals surface area contributed by atoms with Crippen LogP contribution in [0.15, 0.2) is 30.3 Å². The fraction of sp³-hybridized carbons (Fsp3) is 0.526. The molecule has 1 rings (SSSR count). The first-order chi connectivity index (χ1) is 11.9. The lowest BCUT2D eigenvalue weighted by molar-refractivity contribution is -0.152. The molecule has 0 saturated carbocycles. The van der Waals surface area contributed by atoms with Gasteiger partial charge in [-0.1, -0.05) is 30.3 Å². The van der Waals surface area contributed by atoms with Gasteiger partial charge in [0, 0.05) is 24.9 Å². The molecule has 0 fully saturated rings. The summed E-state index contributed by atoms with van der Waals surface area (Å²) in [5.41, 5.74) is 1.20. The molecule has 6 heteroatoms. The van der Waals surface area contributed by atoms with Crippen LogP contribution in [0.2, 0.25) is 0 Å². The van der Waals surface area contributed by atoms with E-state index in [-0.39, 0.29) is 37.0 Å². The first-order valence-electron chi connectivity index (χ1n) is 8.54. The number of hydrogen-bond acceptors (Lipinski definition) is 6. The molecule has 25 heavy (non-hydrogen) atoms. The maximum Gasteiger partial charge on any atom is 0.371 e. The van der Waals surface area contributed by atoms with Gasteiger partial charge < -0.3 is 14.8 Å². The average Bonchev–Trinajstić information content (AvgIpc) is 2.60. The Morgan fingerprint density at radius 3 is 2.44 bits per heavy atom. The van der Waals surface area contributed by atoms with Crippen molar-refractivity contribution in [2.24, 2.45) is 0 Å². The van der Waals surface area contributed by atoms with Crippen molar-refractivity contribution in [3.8, 4) is 0 Å². The minimum Gasteiger partial charge on any atom is -0.463 e. The third kappa shape index (κ3) is 9.00. The van der Waals surface area contributed by atoms with Crippen molar-refractivity contribution in [2.75, 3.05) is 6.61 Å². The molecule has 0 heterocycles. The fourth-order valence-electron chi connectivity index (χ4n) is 2.38. The SMILES string of the molecule is CC(CCC(=O)OC(C)CCOC(=O)C=O)NC(C)c1ccccc1. The number of ether oxygens (including phenoxy) is 2. The van der Waals surface area contributed by atoms with Crippen LogP contribution in [0.4, 0.5) is 0 Å². The maximum absolute atomic E-state index is 11.9. The van der Waals surface area contributed by atoms with Gasteiger partial charge in [-0.05, 0) is 32.8 Å². The highest BCUT2D eigenvalue weighted by Gasteiger charge is 2.14. The first-order valence-corrected chi connectivity index (χ1v) is 8.54. The van der Waals surface area contributed by atoms with E-state index >= 15 is 0 Å². The van der Waals surface area contributed by atoms with Crippen LogP contribution >= 0.6 is 0 Å². The van der Waals surface area contributed by atoms with Gasteiger partial charge >= 0.3 is 11.9 Å². The molecule has 3 atom stereocenters. The van der Waals surface area contributed by atoms with Gasteiger partial charge in [0.25, 0.3) is 0 Å². The van der Waals surface area contributed by atoms with E-state index in [0.717, 1.165) is 0 Å². The van der Waals surface area contributed by atoms with Crippen molar-refractivity contribution in [2.45, 2.75) is 58.2 Å². The molecule has 0 saturated heterocycles. The molecule has 0 radical (unpaired) electrons. The van der Waals surface area contributed by atoms with Crippen LogP contribution in [-0.2, 0) is 23.9 Å². The van der Waals surface area contributed by atoms with Crippen molar-refractivity contribution in [3.63, 3.8) is 0 Å². The summed E-state index contributed by atoms with van der Waals surface area (Å²) in [6.07, 6.45) is 1.10. The monoisotopic (exact) mass is 349 g/mol. The van der Waals surface area contributed by atoms with E-state index in [1.807, 2.05) is 25.1 Å². The van der Waals surface area contributed by atoms with Crippen LogP contribution in [0.3, 0.4) is 0 Å². The molecule has 0 spiro atoms. The average molecular weight is 349 g/mol. The van der Waals surface area contributed by atoms with Crippen LogP contribution in [-0.4, -0.2) is 37.0 Å². The van der Waals surface area contributed by atoms with Crippen molar-refractivity contribution in [3.05, 3.63) is 35.9 Å². The second-order valence-corrected chi connectivity index (χ2v) is 6.11. The van der Waals surface area contributed by atoms with E-state index in [1.54, 1.807) is 6.92 Å². The molecule has 0 aliphatic heterocycles. The number of carbonyl (C=O) groups excluding carboxylic acids is 3. The summed E-state index contributed by atoms with van der Waals surface area (Å²) in [6, 6.07) is 10.5. The van der Waals surface area contributed by atoms with E-state index in [9.17, 15) is 14.4 Å². The summed E-state index contributed by atoms with van der Waals surface area (Å²) >= 11 is 0. The van der Waals surface area contributed by atoms with Gasteiger partial charge in [0.15, 0.2) is 0 Å². The Morgan fingerprint density at radius 1 is 1.12 bits per heavy atom. The minimum absolute atomic E-state index is 0.0541. The summed E-state index contributed by atoms with van der Waals surface area (Å²) in [4.78, 5) is 32.6. The normalized spacial score (nSPS) is 14.2. The van der Waals surface area contributed by atoms with E-state index in [0.29, 0.717) is 19.3 Å². The van der Waals surface area contributed by atoms with Gasteiger partial charge in [-0.25, -0.2) is 4.79 Å². The molecule has 0 amide bonds. The molecule has 0 bridgehead atoms. The number of nitrogens with one attached hydrogen (secondary N) is 1. The van der Waals surface area contributed by atoms with Gasteiger partial charge in [0.05, 0.1) is 6.61 Å². The van der Waals surface area contributed by atoms with E-state index in [2.05, 4.69) is 29.1 Å². The molecule has 6 nitrogen and oxygen atoms in total. The van der Waals surface area contributed by atoms with Crippen LogP contribution < -0.4 is 5.32 Å². The van der Waals surface area contributed by atoms with Crippen LogP contribution in [0.25, 0.3) is 0 Å². The fourth-order valence-corrected chi connectivity index (χ4v) is 2.38. The Labute approximate surface area is 148 Å². The Bertz CT molecular complexity index is 546. The zero-order chi connectivity index (χ0) is 18.7. The van der Waals surface area contributed by atoms with Gasteiger partial charge in [0.1, 0.15) is 6.10 Å². The van der Waals surface area contributed by atoms with Crippen molar-refractivity contribution in [1.82, 2.24) is 5.32 Å². The lowest BCUT2D eigenvalue weighted by Crippen LogP contribution is -2.30. The molecule has 0 aromatic heterocycles. The molecule has 1 N–H and O–H groups in total. The maximum atomic E-state index is 11.9. The summed E-state index contributed by atoms with van der Waals surface area (Å²) < 4.78 is 9.88. The Balaban J connectivity index is 2.22. The van der Waals surface area contributed by atoms with Gasteiger partial charge in [-0.3, -0.25) is 9.59 Å². The number of benzene rings is 1. The van der Waals surface area contributed by atoms with Crippen LogP contribution in [0.5, 0.6) is 0 Å². The number of rotatable bonds is 11. The van der Waals surface area contributed by atoms with Crippen LogP contribution in [0.1, 0.15) is 51.6 Å². The lowest BCUT2D eigenvalue weighted by atomic mass is 10.1. The van der Waals surface area contributed by atoms with E-state index in [4.69, 9.17) is 4.74 Å². The van der Waals surface area contributed by atoms with Crippen molar-refractivity contribution in [1.29, 1.82) is 0 Å². The number of carbonyl (C=O) groups is 3. The summed E-state index contributed by atoms with van der Waals surface area (Å²) in [5.74, 6) is -1.19. The van der Waals surface area contributed by atoms with E-state index in [1.165, 1.54) is 5.56 Å². The third-order valence-corrected chi connectivity index (χ3v) is 3.81. The van der Waals surface area contributed by atoms with Gasteiger partial charge in [-0.2, -0.15) is 0 Å². The predicted octanol–water partition coefficient (Wildman–Crippen LogP) is 2.57. The highest BCUT2D eigenvalue weighted by atomic mass is 16.6. The van der Waals surface area contributed by atoms with Crippen LogP contribution in [0, 0.1) is 0 Å². The topological polar surface area (TPSA) is 81.7 Å². The minimum atomic E-state index is -0.911. The highest BCUT2D eigenvalue weighted by molar-refractivity contribution is 6.20. The number of aldehydes is 1. The summed E-state index contributed by atoms with van der Waals surface area (Å²) in [6.45, 7) is 5.91. The predicted molar refractivity (Wildman–Crippen MR) is 93.9 cm³/mol. The highest BCUT2D eigenvalue weighted by Crippen LogP contribution is 2.13. The summed E-state index contributed by atoms with van der Waals surface area (Å²) in [5, 5.41) is 3.46. The largest absolute Gasteiger partial charge is 0.463 e. The standard InChI is InChI=1S/C19H27NO5/c1-14(20-16(3)17-7-5-4-6-8-17)9-10-18(22)25-15(2)11-12-24-19(23)13-21/h4-8,13-16,20H,9-12H2,1-3H3. The zero-order valence-electron chi connectivity index (χ0n) is 15.1. The van der Waals surface area contributed by atoms with Crippen molar-refractivity contribution < 1.29 is 23.9 Å². The Kier molecular flexibility index (Phi) is 9.47. The lowest BCUT2D eigenvalue weighted by Gasteiger charge is -2.20. The smallest absolute Gasteiger partial charge is 0.371 e. The number of esters is 2. The van der Waals surface area contributed by atoms with Crippen molar-refractivity contribution >= 4 is 18.2 Å². The van der Waals surface area contributed by atoms with E-state index < -0.39 is 5.97 Å². The molecular weight excluding hydrogens is 322 g/mol. The Morgan fingerprint density at radius 2 is 1.80 bits per heavy atom. The van der Waals surface area contributed by atoms with Gasteiger partial charge in [0.2, 0.25) is 6.29 Å². The number of hydrogen-bond donors (Lipinski definition) is 1. The molecular formula is C19H27NO5. The second kappa shape index (κ2) is 11.4. The molecule has 0 aliphatic carbocycles. The second-order valence-electron chi connectivity index (χ2n) is 6.11. The molecule has 0 aliphatic rings. The Hall–Kier alpha value is -2.21. The molecule has 1 aromatic rings. The third-order valence-electron chi connectivity index (χ3n) is 3.81. The van der Waals surface area contributed by atoms with Gasteiger partial charge in [-0.15, -0.1) is 0 Å².